The Kier molecular flexibility index (Phi) is 5.61. The van der Waals surface area contributed by atoms with Gasteiger partial charge in [0, 0.05) is 0 Å². The van der Waals surface area contributed by atoms with Gasteiger partial charge in [0.15, 0.2) is 0 Å². The fraction of sp³-hybridized carbons (Fsp3) is 0.727. The molecular formula is C22H34. The van der Waals surface area contributed by atoms with Gasteiger partial charge in [0.2, 0.25) is 0 Å². The highest BCUT2D eigenvalue weighted by Gasteiger charge is 2.24. The van der Waals surface area contributed by atoms with Crippen LogP contribution in [0, 0.1) is 11.8 Å². The van der Waals surface area contributed by atoms with Gasteiger partial charge in [-0.25, -0.2) is 0 Å². The molecule has 0 N–H and O–H groups in total. The first kappa shape index (κ1) is 16.1. The van der Waals surface area contributed by atoms with Gasteiger partial charge in [0.1, 0.15) is 0 Å². The van der Waals surface area contributed by atoms with E-state index in [0.29, 0.717) is 0 Å². The molecule has 22 heavy (non-hydrogen) atoms. The van der Waals surface area contributed by atoms with E-state index in [1.54, 1.807) is 16.7 Å². The molecule has 0 aromatic heterocycles. The summed E-state index contributed by atoms with van der Waals surface area (Å²) < 4.78 is 0. The van der Waals surface area contributed by atoms with Crippen molar-refractivity contribution in [3.8, 4) is 0 Å². The average Bonchev–Trinajstić information content (AvgIpc) is 2.59. The van der Waals surface area contributed by atoms with Crippen molar-refractivity contribution in [2.75, 3.05) is 0 Å². The zero-order valence-electron chi connectivity index (χ0n) is 14.7. The molecule has 1 fully saturated rings. The van der Waals surface area contributed by atoms with E-state index in [1.807, 2.05) is 0 Å². The van der Waals surface area contributed by atoms with Crippen LogP contribution in [0.4, 0.5) is 0 Å². The van der Waals surface area contributed by atoms with Crippen molar-refractivity contribution in [3.63, 3.8) is 0 Å². The third-order valence-corrected chi connectivity index (χ3v) is 6.42. The van der Waals surface area contributed by atoms with Crippen LogP contribution in [0.2, 0.25) is 0 Å². The Morgan fingerprint density at radius 3 is 2.45 bits per heavy atom. The van der Waals surface area contributed by atoms with Gasteiger partial charge in [-0.1, -0.05) is 57.7 Å². The van der Waals surface area contributed by atoms with Crippen LogP contribution in [0.3, 0.4) is 0 Å². The van der Waals surface area contributed by atoms with E-state index < -0.39 is 0 Å². The quantitative estimate of drug-likeness (QED) is 0.569. The monoisotopic (exact) mass is 298 g/mol. The van der Waals surface area contributed by atoms with Gasteiger partial charge in [-0.15, -0.1) is 0 Å². The zero-order valence-corrected chi connectivity index (χ0v) is 14.7. The number of unbranched alkanes of at least 4 members (excludes halogenated alkanes) is 1. The maximum absolute atomic E-state index is 2.58. The van der Waals surface area contributed by atoms with Gasteiger partial charge < -0.3 is 0 Å². The van der Waals surface area contributed by atoms with Crippen molar-refractivity contribution >= 4 is 0 Å². The molecule has 0 saturated heterocycles. The predicted octanol–water partition coefficient (Wildman–Crippen LogP) is 6.67. The van der Waals surface area contributed by atoms with Crippen molar-refractivity contribution < 1.29 is 0 Å². The molecule has 1 saturated carbocycles. The summed E-state index contributed by atoms with van der Waals surface area (Å²) >= 11 is 0. The van der Waals surface area contributed by atoms with E-state index >= 15 is 0 Å². The van der Waals surface area contributed by atoms with E-state index in [0.717, 1.165) is 17.8 Å². The Labute approximate surface area is 137 Å². The standard InChI is InChI=1S/C22H34/c1-3-5-6-18-8-10-19(11-9-18)21-14-13-20-15-17(4-2)7-12-22(20)16-21/h13-14,16-19H,3-12,15H2,1-2H3/t17?,18-,19-. The summed E-state index contributed by atoms with van der Waals surface area (Å²) in [5.74, 6) is 2.82. The molecule has 0 nitrogen and oxygen atoms in total. The van der Waals surface area contributed by atoms with Crippen molar-refractivity contribution in [1.82, 2.24) is 0 Å². The zero-order chi connectivity index (χ0) is 15.4. The molecular weight excluding hydrogens is 264 g/mol. The Balaban J connectivity index is 1.60. The first-order valence-electron chi connectivity index (χ1n) is 9.91. The second kappa shape index (κ2) is 7.66. The van der Waals surface area contributed by atoms with E-state index in [-0.39, 0.29) is 0 Å². The van der Waals surface area contributed by atoms with Crippen molar-refractivity contribution in [2.24, 2.45) is 11.8 Å². The number of aryl methyl sites for hydroxylation is 1. The molecule has 0 amide bonds. The maximum Gasteiger partial charge on any atom is -0.0162 e. The van der Waals surface area contributed by atoms with Crippen molar-refractivity contribution in [2.45, 2.75) is 90.4 Å². The molecule has 0 radical (unpaired) electrons. The molecule has 1 aromatic rings. The summed E-state index contributed by atoms with van der Waals surface area (Å²) in [5.41, 5.74) is 4.98. The molecule has 1 unspecified atom stereocenters. The lowest BCUT2D eigenvalue weighted by Crippen LogP contribution is -2.16. The maximum atomic E-state index is 2.58. The Hall–Kier alpha value is -0.780. The van der Waals surface area contributed by atoms with Crippen LogP contribution in [-0.2, 0) is 12.8 Å². The van der Waals surface area contributed by atoms with Crippen LogP contribution in [-0.4, -0.2) is 0 Å². The molecule has 0 aliphatic heterocycles. The number of benzene rings is 1. The van der Waals surface area contributed by atoms with E-state index in [1.165, 1.54) is 70.6 Å². The van der Waals surface area contributed by atoms with Gasteiger partial charge in [0.25, 0.3) is 0 Å². The molecule has 122 valence electrons. The van der Waals surface area contributed by atoms with Gasteiger partial charge in [-0.3, -0.25) is 0 Å². The highest BCUT2D eigenvalue weighted by molar-refractivity contribution is 5.36. The lowest BCUT2D eigenvalue weighted by molar-refractivity contribution is 0.304. The van der Waals surface area contributed by atoms with Gasteiger partial charge in [-0.2, -0.15) is 0 Å². The van der Waals surface area contributed by atoms with Crippen molar-refractivity contribution in [3.05, 3.63) is 34.9 Å². The molecule has 3 rings (SSSR count). The van der Waals surface area contributed by atoms with Crippen LogP contribution < -0.4 is 0 Å². The van der Waals surface area contributed by atoms with Crippen LogP contribution in [0.5, 0.6) is 0 Å². The number of hydrogen-bond acceptors (Lipinski definition) is 0. The van der Waals surface area contributed by atoms with Gasteiger partial charge >= 0.3 is 0 Å². The molecule has 0 spiro atoms. The van der Waals surface area contributed by atoms with E-state index in [9.17, 15) is 0 Å². The summed E-state index contributed by atoms with van der Waals surface area (Å²) in [6, 6.07) is 7.52. The topological polar surface area (TPSA) is 0 Å². The second-order valence-electron chi connectivity index (χ2n) is 7.91. The Morgan fingerprint density at radius 1 is 0.909 bits per heavy atom. The van der Waals surface area contributed by atoms with Gasteiger partial charge in [-0.05, 0) is 79.4 Å². The predicted molar refractivity (Wildman–Crippen MR) is 96.5 cm³/mol. The van der Waals surface area contributed by atoms with E-state index in [4.69, 9.17) is 0 Å². The van der Waals surface area contributed by atoms with E-state index in [2.05, 4.69) is 32.0 Å². The Morgan fingerprint density at radius 2 is 1.73 bits per heavy atom. The lowest BCUT2D eigenvalue weighted by Gasteiger charge is -2.30. The highest BCUT2D eigenvalue weighted by atomic mass is 14.3. The second-order valence-corrected chi connectivity index (χ2v) is 7.91. The van der Waals surface area contributed by atoms with Crippen LogP contribution in [0.1, 0.15) is 94.2 Å². The first-order valence-corrected chi connectivity index (χ1v) is 9.91. The van der Waals surface area contributed by atoms with Crippen molar-refractivity contribution in [1.29, 1.82) is 0 Å². The summed E-state index contributed by atoms with van der Waals surface area (Å²) in [6.45, 7) is 4.67. The van der Waals surface area contributed by atoms with Gasteiger partial charge in [0.05, 0.1) is 0 Å². The molecule has 1 aromatic carbocycles. The molecule has 0 bridgehead atoms. The normalized spacial score (nSPS) is 28.4. The number of rotatable bonds is 5. The minimum atomic E-state index is 0.854. The summed E-state index contributed by atoms with van der Waals surface area (Å²) in [4.78, 5) is 0. The van der Waals surface area contributed by atoms with Crippen LogP contribution >= 0.6 is 0 Å². The molecule has 2 aliphatic rings. The summed E-state index contributed by atoms with van der Waals surface area (Å²) in [5, 5.41) is 0. The summed E-state index contributed by atoms with van der Waals surface area (Å²) in [7, 11) is 0. The fourth-order valence-electron chi connectivity index (χ4n) is 4.73. The minimum Gasteiger partial charge on any atom is -0.0654 e. The molecule has 1 atom stereocenters. The number of fused-ring (bicyclic) bond motifs is 1. The lowest BCUT2D eigenvalue weighted by atomic mass is 9.75. The largest absolute Gasteiger partial charge is 0.0654 e. The number of hydrogen-bond donors (Lipinski definition) is 0. The highest BCUT2D eigenvalue weighted by Crippen LogP contribution is 2.39. The molecule has 0 heterocycles. The minimum absolute atomic E-state index is 0.854. The third kappa shape index (κ3) is 3.76. The van der Waals surface area contributed by atoms with Crippen LogP contribution in [0.25, 0.3) is 0 Å². The summed E-state index contributed by atoms with van der Waals surface area (Å²) in [6.07, 6.45) is 15.5. The molecule has 2 aliphatic carbocycles. The smallest absolute Gasteiger partial charge is 0.0162 e. The third-order valence-electron chi connectivity index (χ3n) is 6.42. The fourth-order valence-corrected chi connectivity index (χ4v) is 4.73. The average molecular weight is 299 g/mol. The first-order chi connectivity index (χ1) is 10.8. The Bertz CT molecular complexity index is 465. The van der Waals surface area contributed by atoms with Crippen LogP contribution in [0.15, 0.2) is 18.2 Å². The SMILES string of the molecule is CCCC[C@H]1CC[C@H](c2ccc3c(c2)CCC(CC)C3)CC1. The molecule has 0 heteroatoms.